The number of benzene rings is 2. The van der Waals surface area contributed by atoms with Gasteiger partial charge < -0.3 is 5.32 Å². The highest BCUT2D eigenvalue weighted by Gasteiger charge is 2.29. The van der Waals surface area contributed by atoms with Gasteiger partial charge in [-0.25, -0.2) is 17.2 Å². The van der Waals surface area contributed by atoms with Crippen molar-refractivity contribution in [3.8, 4) is 0 Å². The molecule has 0 fully saturated rings. The first-order chi connectivity index (χ1) is 13.1. The fourth-order valence-electron chi connectivity index (χ4n) is 2.45. The van der Waals surface area contributed by atoms with E-state index >= 15 is 0 Å². The molecule has 0 aliphatic rings. The van der Waals surface area contributed by atoms with Crippen LogP contribution < -0.4 is 9.62 Å². The number of anilines is 1. The molecular formula is C18H19ClF2N2O3S2. The fraction of sp³-hybridized carbons (Fsp3) is 0.278. The van der Waals surface area contributed by atoms with E-state index in [1.807, 2.05) is 12.1 Å². The summed E-state index contributed by atoms with van der Waals surface area (Å²) < 4.78 is 51.7. The van der Waals surface area contributed by atoms with Crippen LogP contribution in [0.5, 0.6) is 0 Å². The second-order valence-corrected chi connectivity index (χ2v) is 9.39. The Hall–Kier alpha value is -1.84. The number of carbonyl (C=O) groups excluding carboxylic acids is 1. The molecule has 5 nitrogen and oxygen atoms in total. The predicted octanol–water partition coefficient (Wildman–Crippen LogP) is 3.68. The Bertz CT molecular complexity index is 940. The second kappa shape index (κ2) is 9.58. The molecule has 0 bridgehead atoms. The normalized spacial score (nSPS) is 12.5. The zero-order chi connectivity index (χ0) is 20.9. The molecule has 2 aromatic carbocycles. The van der Waals surface area contributed by atoms with Crippen molar-refractivity contribution in [2.24, 2.45) is 0 Å². The summed E-state index contributed by atoms with van der Waals surface area (Å²) in [6, 6.07) is 8.76. The molecule has 2 rings (SSSR count). The number of halogens is 3. The van der Waals surface area contributed by atoms with E-state index < -0.39 is 33.6 Å². The van der Waals surface area contributed by atoms with Crippen molar-refractivity contribution < 1.29 is 22.0 Å². The Morgan fingerprint density at radius 3 is 2.39 bits per heavy atom. The lowest BCUT2D eigenvalue weighted by atomic mass is 10.2. The molecule has 1 atom stereocenters. The first kappa shape index (κ1) is 22.4. The van der Waals surface area contributed by atoms with Gasteiger partial charge in [-0.1, -0.05) is 11.6 Å². The van der Waals surface area contributed by atoms with Crippen LogP contribution in [0.2, 0.25) is 5.02 Å². The maximum absolute atomic E-state index is 13.5. The smallest absolute Gasteiger partial charge is 0.243 e. The summed E-state index contributed by atoms with van der Waals surface area (Å²) in [5.41, 5.74) is -0.125. The van der Waals surface area contributed by atoms with E-state index in [-0.39, 0.29) is 5.69 Å². The zero-order valence-corrected chi connectivity index (χ0v) is 17.5. The highest BCUT2D eigenvalue weighted by atomic mass is 35.5. The van der Waals surface area contributed by atoms with E-state index in [2.05, 4.69) is 5.32 Å². The van der Waals surface area contributed by atoms with E-state index in [0.717, 1.165) is 33.7 Å². The van der Waals surface area contributed by atoms with Gasteiger partial charge in [0.2, 0.25) is 15.9 Å². The van der Waals surface area contributed by atoms with Gasteiger partial charge in [0, 0.05) is 28.3 Å². The van der Waals surface area contributed by atoms with Crippen LogP contribution in [0.4, 0.5) is 14.5 Å². The Morgan fingerprint density at radius 2 is 1.82 bits per heavy atom. The molecule has 0 heterocycles. The van der Waals surface area contributed by atoms with Gasteiger partial charge in [0.25, 0.3) is 0 Å². The van der Waals surface area contributed by atoms with Crippen LogP contribution in [0.1, 0.15) is 6.92 Å². The van der Waals surface area contributed by atoms with Crippen molar-refractivity contribution in [3.63, 3.8) is 0 Å². The average molecular weight is 449 g/mol. The number of nitrogens with one attached hydrogen (secondary N) is 1. The van der Waals surface area contributed by atoms with Crippen LogP contribution in [0.3, 0.4) is 0 Å². The van der Waals surface area contributed by atoms with E-state index in [9.17, 15) is 22.0 Å². The molecule has 0 aromatic heterocycles. The van der Waals surface area contributed by atoms with Crippen LogP contribution in [0.25, 0.3) is 0 Å². The van der Waals surface area contributed by atoms with E-state index in [1.54, 1.807) is 12.1 Å². The molecule has 0 saturated heterocycles. The highest BCUT2D eigenvalue weighted by Crippen LogP contribution is 2.23. The van der Waals surface area contributed by atoms with Crippen molar-refractivity contribution in [1.29, 1.82) is 0 Å². The summed E-state index contributed by atoms with van der Waals surface area (Å²) in [6.07, 6.45) is 0.897. The number of sulfonamides is 1. The number of thioether (sulfide) groups is 1. The maximum Gasteiger partial charge on any atom is 0.243 e. The monoisotopic (exact) mass is 448 g/mol. The number of hydrogen-bond donors (Lipinski definition) is 1. The van der Waals surface area contributed by atoms with E-state index in [4.69, 9.17) is 11.6 Å². The zero-order valence-electron chi connectivity index (χ0n) is 15.2. The lowest BCUT2D eigenvalue weighted by Crippen LogP contribution is -2.48. The summed E-state index contributed by atoms with van der Waals surface area (Å²) in [5, 5.41) is 3.28. The average Bonchev–Trinajstić information content (AvgIpc) is 2.62. The third kappa shape index (κ3) is 6.08. The quantitative estimate of drug-likeness (QED) is 0.494. The summed E-state index contributed by atoms with van der Waals surface area (Å²) in [5.74, 6) is -2.29. The molecule has 1 amide bonds. The lowest BCUT2D eigenvalue weighted by molar-refractivity contribution is -0.121. The van der Waals surface area contributed by atoms with Gasteiger partial charge >= 0.3 is 0 Å². The summed E-state index contributed by atoms with van der Waals surface area (Å²) >= 11 is 7.32. The van der Waals surface area contributed by atoms with Gasteiger partial charge in [0.05, 0.1) is 11.9 Å². The van der Waals surface area contributed by atoms with Crippen molar-refractivity contribution >= 4 is 45.0 Å². The second-order valence-electron chi connectivity index (χ2n) is 5.93. The Balaban J connectivity index is 2.01. The minimum atomic E-state index is -3.90. The summed E-state index contributed by atoms with van der Waals surface area (Å²) in [6.45, 7) is 1.68. The van der Waals surface area contributed by atoms with Crippen molar-refractivity contribution in [3.05, 3.63) is 59.1 Å². The maximum atomic E-state index is 13.5. The molecule has 0 aliphatic carbocycles. The van der Waals surface area contributed by atoms with Crippen LogP contribution in [-0.2, 0) is 14.8 Å². The van der Waals surface area contributed by atoms with Crippen LogP contribution in [-0.4, -0.2) is 38.9 Å². The molecule has 0 radical (unpaired) electrons. The van der Waals surface area contributed by atoms with Gasteiger partial charge in [-0.15, -0.1) is 11.8 Å². The summed E-state index contributed by atoms with van der Waals surface area (Å²) in [4.78, 5) is 13.4. The first-order valence-electron chi connectivity index (χ1n) is 8.20. The van der Waals surface area contributed by atoms with Crippen LogP contribution in [0, 0.1) is 11.6 Å². The molecule has 152 valence electrons. The molecule has 0 saturated carbocycles. The molecule has 0 spiro atoms. The molecule has 28 heavy (non-hydrogen) atoms. The Labute approximate surface area is 172 Å². The molecule has 1 N–H and O–H groups in total. The van der Waals surface area contributed by atoms with Crippen molar-refractivity contribution in [2.45, 2.75) is 17.9 Å². The molecule has 10 heteroatoms. The lowest BCUT2D eigenvalue weighted by Gasteiger charge is -2.28. The minimum absolute atomic E-state index is 0.125. The van der Waals surface area contributed by atoms with Crippen LogP contribution >= 0.6 is 23.4 Å². The first-order valence-corrected chi connectivity index (χ1v) is 11.4. The van der Waals surface area contributed by atoms with Crippen molar-refractivity contribution in [1.82, 2.24) is 5.32 Å². The standard InChI is InChI=1S/C18H19ClF2N2O3S2/c1-12(18(24)22-9-10-27-15-6-3-13(19)4-7-15)23(28(2,25)26)14-5-8-16(20)17(21)11-14/h3-8,11-12H,9-10H2,1-2H3,(H,22,24)/t12-/m1/s1. The minimum Gasteiger partial charge on any atom is -0.353 e. The number of nitrogens with zero attached hydrogens (tertiary/aromatic N) is 1. The van der Waals surface area contributed by atoms with Gasteiger partial charge in [-0.05, 0) is 43.3 Å². The van der Waals surface area contributed by atoms with Crippen molar-refractivity contribution in [2.75, 3.05) is 22.9 Å². The molecular weight excluding hydrogens is 430 g/mol. The third-order valence-corrected chi connectivity index (χ3v) is 6.24. The molecule has 2 aromatic rings. The van der Waals surface area contributed by atoms with E-state index in [1.165, 1.54) is 18.7 Å². The van der Waals surface area contributed by atoms with E-state index in [0.29, 0.717) is 17.3 Å². The number of rotatable bonds is 8. The summed E-state index contributed by atoms with van der Waals surface area (Å²) in [7, 11) is -3.90. The highest BCUT2D eigenvalue weighted by molar-refractivity contribution is 7.99. The SMILES string of the molecule is C[C@H](C(=O)NCCSc1ccc(Cl)cc1)N(c1ccc(F)c(F)c1)S(C)(=O)=O. The molecule has 0 aliphatic heterocycles. The predicted molar refractivity (Wildman–Crippen MR) is 108 cm³/mol. The molecule has 0 unspecified atom stereocenters. The third-order valence-electron chi connectivity index (χ3n) is 3.73. The fourth-order valence-corrected chi connectivity index (χ4v) is 4.51. The van der Waals surface area contributed by atoms with Gasteiger partial charge in [-0.3, -0.25) is 9.10 Å². The van der Waals surface area contributed by atoms with Crippen LogP contribution in [0.15, 0.2) is 47.4 Å². The van der Waals surface area contributed by atoms with Gasteiger partial charge in [0.15, 0.2) is 11.6 Å². The van der Waals surface area contributed by atoms with Gasteiger partial charge in [0.1, 0.15) is 6.04 Å². The number of hydrogen-bond acceptors (Lipinski definition) is 4. The van der Waals surface area contributed by atoms with Gasteiger partial charge in [-0.2, -0.15) is 0 Å². The topological polar surface area (TPSA) is 66.5 Å². The Kier molecular flexibility index (Phi) is 7.68. The number of amides is 1. The largest absolute Gasteiger partial charge is 0.353 e. The number of carbonyl (C=O) groups is 1. The Morgan fingerprint density at radius 1 is 1.18 bits per heavy atom.